The Morgan fingerprint density at radius 1 is 1.35 bits per heavy atom. The van der Waals surface area contributed by atoms with Crippen LogP contribution in [0.5, 0.6) is 5.75 Å². The molecule has 2 aromatic rings. The molecule has 20 heavy (non-hydrogen) atoms. The molecule has 106 valence electrons. The van der Waals surface area contributed by atoms with Crippen LogP contribution in [0, 0.1) is 23.1 Å². The molecule has 0 bridgehead atoms. The lowest BCUT2D eigenvalue weighted by molar-refractivity contribution is -0.0520. The van der Waals surface area contributed by atoms with Gasteiger partial charge in [-0.15, -0.1) is 0 Å². The number of hydrogen-bond acceptors (Lipinski definition) is 2. The Labute approximate surface area is 114 Å². The van der Waals surface area contributed by atoms with Crippen molar-refractivity contribution >= 4 is 10.9 Å². The van der Waals surface area contributed by atoms with Gasteiger partial charge >= 0.3 is 6.61 Å². The highest BCUT2D eigenvalue weighted by atomic mass is 19.3. The molecule has 0 unspecified atom stereocenters. The maximum absolute atomic E-state index is 13.7. The Kier molecular flexibility index (Phi) is 3.89. The predicted molar refractivity (Wildman–Crippen MR) is 68.1 cm³/mol. The molecule has 6 heteroatoms. The number of aromatic nitrogens is 1. The average Bonchev–Trinajstić information content (AvgIpc) is 2.66. The smallest absolute Gasteiger partial charge is 0.387 e. The first-order valence-corrected chi connectivity index (χ1v) is 6.09. The summed E-state index contributed by atoms with van der Waals surface area (Å²) in [7, 11) is 0. The highest BCUT2D eigenvalue weighted by Crippen LogP contribution is 2.30. The van der Waals surface area contributed by atoms with E-state index in [-0.39, 0.29) is 0 Å². The third kappa shape index (κ3) is 2.72. The van der Waals surface area contributed by atoms with Gasteiger partial charge in [0.2, 0.25) is 0 Å². The highest BCUT2D eigenvalue weighted by molar-refractivity contribution is 5.87. The summed E-state index contributed by atoms with van der Waals surface area (Å²) in [5.74, 6) is -1.13. The van der Waals surface area contributed by atoms with Crippen molar-refractivity contribution in [3.05, 3.63) is 29.7 Å². The van der Waals surface area contributed by atoms with E-state index in [1.54, 1.807) is 10.8 Å². The minimum atomic E-state index is -3.09. The standard InChI is InChI=1S/C14H13F3N2O/c1-8(2)6-19-7-9(5-18)10-3-11(15)13(4-12(10)19)20-14(16)17/h3-4,7-8,14H,6H2,1-2H3. The third-order valence-corrected chi connectivity index (χ3v) is 2.83. The number of fused-ring (bicyclic) bond motifs is 1. The number of nitrogens with zero attached hydrogens (tertiary/aromatic N) is 2. The van der Waals surface area contributed by atoms with Crippen LogP contribution in [0.4, 0.5) is 13.2 Å². The molecule has 0 aliphatic rings. The minimum absolute atomic E-state index is 0.293. The second kappa shape index (κ2) is 5.45. The van der Waals surface area contributed by atoms with E-state index in [2.05, 4.69) is 4.74 Å². The summed E-state index contributed by atoms with van der Waals surface area (Å²) in [6, 6.07) is 4.24. The van der Waals surface area contributed by atoms with Gasteiger partial charge in [0.15, 0.2) is 11.6 Å². The molecular weight excluding hydrogens is 269 g/mol. The van der Waals surface area contributed by atoms with Gasteiger partial charge in [-0.3, -0.25) is 0 Å². The molecular formula is C14H13F3N2O. The van der Waals surface area contributed by atoms with Gasteiger partial charge in [-0.2, -0.15) is 14.0 Å². The fraction of sp³-hybridized carbons (Fsp3) is 0.357. The van der Waals surface area contributed by atoms with Crippen molar-refractivity contribution < 1.29 is 17.9 Å². The van der Waals surface area contributed by atoms with Crippen molar-refractivity contribution in [2.24, 2.45) is 5.92 Å². The summed E-state index contributed by atoms with van der Waals surface area (Å²) in [6.07, 6.45) is 1.59. The van der Waals surface area contributed by atoms with Crippen LogP contribution in [0.1, 0.15) is 19.4 Å². The van der Waals surface area contributed by atoms with E-state index >= 15 is 0 Å². The van der Waals surface area contributed by atoms with E-state index in [4.69, 9.17) is 5.26 Å². The summed E-state index contributed by atoms with van der Waals surface area (Å²) in [5.41, 5.74) is 0.815. The van der Waals surface area contributed by atoms with Gasteiger partial charge in [-0.25, -0.2) is 4.39 Å². The van der Waals surface area contributed by atoms with Gasteiger partial charge < -0.3 is 9.30 Å². The lowest BCUT2D eigenvalue weighted by Crippen LogP contribution is -2.05. The summed E-state index contributed by atoms with van der Waals surface area (Å²) < 4.78 is 44.1. The van der Waals surface area contributed by atoms with Crippen molar-refractivity contribution in [3.63, 3.8) is 0 Å². The van der Waals surface area contributed by atoms with E-state index in [1.165, 1.54) is 6.07 Å². The monoisotopic (exact) mass is 282 g/mol. The molecule has 0 aliphatic heterocycles. The average molecular weight is 282 g/mol. The lowest BCUT2D eigenvalue weighted by Gasteiger charge is -2.10. The molecule has 0 atom stereocenters. The third-order valence-electron chi connectivity index (χ3n) is 2.83. The summed E-state index contributed by atoms with van der Waals surface area (Å²) in [6.45, 7) is 1.47. The SMILES string of the molecule is CC(C)Cn1cc(C#N)c2cc(F)c(OC(F)F)cc21. The molecule has 1 aromatic carbocycles. The Morgan fingerprint density at radius 2 is 2.05 bits per heavy atom. The molecule has 0 saturated heterocycles. The molecule has 1 heterocycles. The van der Waals surface area contributed by atoms with Crippen molar-refractivity contribution in [1.82, 2.24) is 4.57 Å². The van der Waals surface area contributed by atoms with Gasteiger partial charge in [0.1, 0.15) is 6.07 Å². The maximum Gasteiger partial charge on any atom is 0.387 e. The van der Waals surface area contributed by atoms with Crippen LogP contribution < -0.4 is 4.74 Å². The number of benzene rings is 1. The van der Waals surface area contributed by atoms with E-state index in [9.17, 15) is 13.2 Å². The van der Waals surface area contributed by atoms with Crippen LogP contribution in [0.3, 0.4) is 0 Å². The fourth-order valence-electron chi connectivity index (χ4n) is 2.11. The number of halogens is 3. The Morgan fingerprint density at radius 3 is 2.60 bits per heavy atom. The first kappa shape index (κ1) is 14.3. The van der Waals surface area contributed by atoms with E-state index in [0.717, 1.165) is 6.07 Å². The van der Waals surface area contributed by atoms with Gasteiger partial charge in [0.05, 0.1) is 11.1 Å². The van der Waals surface area contributed by atoms with Crippen LogP contribution in [-0.4, -0.2) is 11.2 Å². The molecule has 0 radical (unpaired) electrons. The van der Waals surface area contributed by atoms with Gasteiger partial charge in [0, 0.05) is 24.2 Å². The van der Waals surface area contributed by atoms with Crippen molar-refractivity contribution in [3.8, 4) is 11.8 Å². The molecule has 1 aromatic heterocycles. The molecule has 0 saturated carbocycles. The predicted octanol–water partition coefficient (Wildman–Crippen LogP) is 3.91. The molecule has 0 aliphatic carbocycles. The number of rotatable bonds is 4. The maximum atomic E-state index is 13.7. The Balaban J connectivity index is 2.61. The zero-order valence-electron chi connectivity index (χ0n) is 11.0. The zero-order chi connectivity index (χ0) is 14.9. The molecule has 0 fully saturated rings. The van der Waals surface area contributed by atoms with Crippen molar-refractivity contribution in [2.45, 2.75) is 27.0 Å². The fourth-order valence-corrected chi connectivity index (χ4v) is 2.11. The first-order chi connectivity index (χ1) is 9.42. The van der Waals surface area contributed by atoms with E-state index in [1.807, 2.05) is 19.9 Å². The minimum Gasteiger partial charge on any atom is -0.432 e. The van der Waals surface area contributed by atoms with Gasteiger partial charge in [0.25, 0.3) is 0 Å². The van der Waals surface area contributed by atoms with E-state index < -0.39 is 18.2 Å². The summed E-state index contributed by atoms with van der Waals surface area (Å²) in [5, 5.41) is 9.45. The quantitative estimate of drug-likeness (QED) is 0.852. The zero-order valence-corrected chi connectivity index (χ0v) is 11.0. The number of alkyl halides is 2. The van der Waals surface area contributed by atoms with E-state index in [0.29, 0.717) is 28.9 Å². The normalized spacial score (nSPS) is 11.3. The Hall–Kier alpha value is -2.16. The number of hydrogen-bond donors (Lipinski definition) is 0. The van der Waals surface area contributed by atoms with Crippen LogP contribution >= 0.6 is 0 Å². The van der Waals surface area contributed by atoms with Gasteiger partial charge in [-0.1, -0.05) is 13.8 Å². The topological polar surface area (TPSA) is 38.0 Å². The molecule has 0 spiro atoms. The van der Waals surface area contributed by atoms with Crippen LogP contribution in [0.2, 0.25) is 0 Å². The van der Waals surface area contributed by atoms with Gasteiger partial charge in [-0.05, 0) is 12.0 Å². The number of ether oxygens (including phenoxy) is 1. The Bertz CT molecular complexity index is 671. The highest BCUT2D eigenvalue weighted by Gasteiger charge is 2.16. The molecule has 2 rings (SSSR count). The van der Waals surface area contributed by atoms with Crippen LogP contribution in [-0.2, 0) is 6.54 Å². The van der Waals surface area contributed by atoms with Crippen LogP contribution in [0.15, 0.2) is 18.3 Å². The summed E-state index contributed by atoms with van der Waals surface area (Å²) in [4.78, 5) is 0. The summed E-state index contributed by atoms with van der Waals surface area (Å²) >= 11 is 0. The van der Waals surface area contributed by atoms with Crippen molar-refractivity contribution in [1.29, 1.82) is 5.26 Å². The first-order valence-electron chi connectivity index (χ1n) is 6.09. The number of nitriles is 1. The molecule has 3 nitrogen and oxygen atoms in total. The second-order valence-corrected chi connectivity index (χ2v) is 4.88. The van der Waals surface area contributed by atoms with Crippen LogP contribution in [0.25, 0.3) is 10.9 Å². The molecule has 0 N–H and O–H groups in total. The second-order valence-electron chi connectivity index (χ2n) is 4.88. The largest absolute Gasteiger partial charge is 0.432 e. The molecule has 0 amide bonds. The van der Waals surface area contributed by atoms with Crippen molar-refractivity contribution in [2.75, 3.05) is 0 Å². The lowest BCUT2D eigenvalue weighted by atomic mass is 10.1.